The van der Waals surface area contributed by atoms with Gasteiger partial charge in [-0.2, -0.15) is 0 Å². The van der Waals surface area contributed by atoms with E-state index in [4.69, 9.17) is 14.2 Å². The number of carbonyl (C=O) groups excluding carboxylic acids is 3. The van der Waals surface area contributed by atoms with Crippen molar-refractivity contribution in [2.45, 2.75) is 19.9 Å². The van der Waals surface area contributed by atoms with Gasteiger partial charge in [-0.3, -0.25) is 14.5 Å². The smallest absolute Gasteiger partial charge is 0.350 e. The van der Waals surface area contributed by atoms with Crippen molar-refractivity contribution in [3.63, 3.8) is 0 Å². The Labute approximate surface area is 211 Å². The molecule has 0 saturated carbocycles. The Morgan fingerprint density at radius 3 is 2.36 bits per heavy atom. The van der Waals surface area contributed by atoms with Gasteiger partial charge in [-0.25, -0.2) is 9.78 Å². The van der Waals surface area contributed by atoms with Crippen molar-refractivity contribution < 1.29 is 33.7 Å². The molecule has 1 fully saturated rings. The van der Waals surface area contributed by atoms with E-state index in [-0.39, 0.29) is 21.3 Å². The summed E-state index contributed by atoms with van der Waals surface area (Å²) in [5.74, 6) is -1.70. The van der Waals surface area contributed by atoms with Gasteiger partial charge in [0.25, 0.3) is 5.78 Å². The molecule has 0 spiro atoms. The van der Waals surface area contributed by atoms with Crippen molar-refractivity contribution in [1.82, 2.24) is 4.98 Å². The summed E-state index contributed by atoms with van der Waals surface area (Å²) in [6.07, 6.45) is 0. The first-order valence-corrected chi connectivity index (χ1v) is 11.7. The molecule has 3 aromatic rings. The standard InChI is InChI=1S/C26H24N2O7S/c1-13-12-15(10-11-17(13)33-3)21(29)19-20(16-8-6-7-9-18(16)34-4)28(24(31)22(19)30)26-27-14(2)23(36-26)25(32)35-5/h6-12,20,29H,1-5H3. The normalized spacial score (nSPS) is 16.8. The number of para-hydroxylation sites is 1. The Balaban J connectivity index is 1.97. The van der Waals surface area contributed by atoms with Gasteiger partial charge in [-0.15, -0.1) is 0 Å². The van der Waals surface area contributed by atoms with Crippen LogP contribution in [0.1, 0.15) is 38.1 Å². The first-order valence-electron chi connectivity index (χ1n) is 10.9. The van der Waals surface area contributed by atoms with Crippen LogP contribution in [-0.4, -0.2) is 49.1 Å². The Morgan fingerprint density at radius 1 is 1.03 bits per heavy atom. The molecule has 9 nitrogen and oxygen atoms in total. The van der Waals surface area contributed by atoms with E-state index in [0.29, 0.717) is 28.3 Å². The predicted molar refractivity (Wildman–Crippen MR) is 134 cm³/mol. The molecular weight excluding hydrogens is 484 g/mol. The lowest BCUT2D eigenvalue weighted by Gasteiger charge is -2.24. The van der Waals surface area contributed by atoms with Crippen LogP contribution >= 0.6 is 11.3 Å². The number of aromatic nitrogens is 1. The third kappa shape index (κ3) is 4.09. The van der Waals surface area contributed by atoms with Crippen LogP contribution in [-0.2, 0) is 14.3 Å². The van der Waals surface area contributed by atoms with Gasteiger partial charge in [-0.1, -0.05) is 29.5 Å². The van der Waals surface area contributed by atoms with Gasteiger partial charge in [0.1, 0.15) is 28.2 Å². The third-order valence-electron chi connectivity index (χ3n) is 5.91. The zero-order valence-electron chi connectivity index (χ0n) is 20.3. The highest BCUT2D eigenvalue weighted by molar-refractivity contribution is 7.17. The molecule has 1 unspecified atom stereocenters. The van der Waals surface area contributed by atoms with Gasteiger partial charge >= 0.3 is 11.9 Å². The number of aliphatic hydroxyl groups is 1. The fourth-order valence-corrected chi connectivity index (χ4v) is 5.18. The molecular formula is C26H24N2O7S. The average molecular weight is 509 g/mol. The number of hydrogen-bond acceptors (Lipinski definition) is 9. The highest BCUT2D eigenvalue weighted by Gasteiger charge is 2.49. The van der Waals surface area contributed by atoms with Crippen molar-refractivity contribution in [3.05, 3.63) is 75.3 Å². The second kappa shape index (κ2) is 9.82. The molecule has 0 bridgehead atoms. The molecule has 1 aliphatic heterocycles. The van der Waals surface area contributed by atoms with Gasteiger partial charge in [0.2, 0.25) is 0 Å². The van der Waals surface area contributed by atoms with Crippen molar-refractivity contribution in [3.8, 4) is 11.5 Å². The first kappa shape index (κ1) is 24.9. The van der Waals surface area contributed by atoms with Gasteiger partial charge < -0.3 is 19.3 Å². The molecule has 1 saturated heterocycles. The molecule has 4 rings (SSSR count). The number of benzene rings is 2. The number of rotatable bonds is 6. The van der Waals surface area contributed by atoms with Crippen LogP contribution in [0, 0.1) is 13.8 Å². The maximum Gasteiger partial charge on any atom is 0.350 e. The van der Waals surface area contributed by atoms with E-state index in [1.165, 1.54) is 26.2 Å². The second-order valence-corrected chi connectivity index (χ2v) is 8.98. The quantitative estimate of drug-likeness (QED) is 0.228. The second-order valence-electron chi connectivity index (χ2n) is 8.00. The molecule has 1 aliphatic rings. The zero-order valence-corrected chi connectivity index (χ0v) is 21.1. The minimum absolute atomic E-state index is 0.121. The number of carbonyl (C=O) groups is 3. The lowest BCUT2D eigenvalue weighted by molar-refractivity contribution is -0.132. The number of nitrogens with zero attached hydrogens (tertiary/aromatic N) is 2. The summed E-state index contributed by atoms with van der Waals surface area (Å²) in [5.41, 5.74) is 1.79. The fraction of sp³-hybridized carbons (Fsp3) is 0.231. The van der Waals surface area contributed by atoms with Gasteiger partial charge in [0.15, 0.2) is 5.13 Å². The average Bonchev–Trinajstić information content (AvgIpc) is 3.39. The number of amides is 1. The Bertz CT molecular complexity index is 1410. The molecule has 1 atom stereocenters. The SMILES string of the molecule is COC(=O)c1sc(N2C(=O)C(=O)C(=C(O)c3ccc(OC)c(C)c3)C2c2ccccc2OC)nc1C. The highest BCUT2D eigenvalue weighted by atomic mass is 32.1. The van der Waals surface area contributed by atoms with Crippen LogP contribution in [0.4, 0.5) is 5.13 Å². The molecule has 0 radical (unpaired) electrons. The molecule has 1 amide bonds. The first-order chi connectivity index (χ1) is 17.2. The topological polar surface area (TPSA) is 115 Å². The van der Waals surface area contributed by atoms with E-state index in [9.17, 15) is 19.5 Å². The lowest BCUT2D eigenvalue weighted by atomic mass is 9.94. The maximum absolute atomic E-state index is 13.4. The van der Waals surface area contributed by atoms with Gasteiger partial charge in [0, 0.05) is 11.1 Å². The number of aliphatic hydroxyl groups excluding tert-OH is 1. The summed E-state index contributed by atoms with van der Waals surface area (Å²) >= 11 is 0.930. The van der Waals surface area contributed by atoms with Crippen molar-refractivity contribution in [1.29, 1.82) is 0 Å². The van der Waals surface area contributed by atoms with Crippen LogP contribution < -0.4 is 14.4 Å². The van der Waals surface area contributed by atoms with Crippen LogP contribution in [0.25, 0.3) is 5.76 Å². The largest absolute Gasteiger partial charge is 0.507 e. The summed E-state index contributed by atoms with van der Waals surface area (Å²) in [6, 6.07) is 10.8. The number of thiazole rings is 1. The molecule has 2 heterocycles. The van der Waals surface area contributed by atoms with E-state index in [1.807, 2.05) is 0 Å². The fourth-order valence-electron chi connectivity index (χ4n) is 4.16. The van der Waals surface area contributed by atoms with E-state index >= 15 is 0 Å². The van der Waals surface area contributed by atoms with Crippen LogP contribution in [0.15, 0.2) is 48.0 Å². The third-order valence-corrected chi connectivity index (χ3v) is 7.05. The number of ether oxygens (including phenoxy) is 3. The van der Waals surface area contributed by atoms with E-state index in [0.717, 1.165) is 16.9 Å². The highest BCUT2D eigenvalue weighted by Crippen LogP contribution is 2.46. The molecule has 36 heavy (non-hydrogen) atoms. The van der Waals surface area contributed by atoms with Crippen molar-refractivity contribution in [2.75, 3.05) is 26.2 Å². The molecule has 1 N–H and O–H groups in total. The van der Waals surface area contributed by atoms with E-state index < -0.39 is 23.7 Å². The minimum atomic E-state index is -1.06. The molecule has 10 heteroatoms. The van der Waals surface area contributed by atoms with E-state index in [1.54, 1.807) is 56.3 Å². The molecule has 2 aromatic carbocycles. The Kier molecular flexibility index (Phi) is 6.80. The molecule has 0 aliphatic carbocycles. The molecule has 186 valence electrons. The predicted octanol–water partition coefficient (Wildman–Crippen LogP) is 4.19. The Morgan fingerprint density at radius 2 is 1.72 bits per heavy atom. The van der Waals surface area contributed by atoms with Crippen molar-refractivity contribution >= 4 is 39.9 Å². The monoisotopic (exact) mass is 508 g/mol. The number of Topliss-reactive ketones (excluding diaryl/α,β-unsaturated/α-hetero) is 1. The number of esters is 1. The number of anilines is 1. The van der Waals surface area contributed by atoms with Gasteiger partial charge in [-0.05, 0) is 43.7 Å². The van der Waals surface area contributed by atoms with E-state index in [2.05, 4.69) is 4.98 Å². The van der Waals surface area contributed by atoms with Crippen LogP contribution in [0.3, 0.4) is 0 Å². The summed E-state index contributed by atoms with van der Waals surface area (Å²) < 4.78 is 15.6. The summed E-state index contributed by atoms with van der Waals surface area (Å²) in [4.78, 5) is 44.8. The van der Waals surface area contributed by atoms with Crippen LogP contribution in [0.2, 0.25) is 0 Å². The number of methoxy groups -OCH3 is 3. The summed E-state index contributed by atoms with van der Waals surface area (Å²) in [7, 11) is 4.26. The number of aryl methyl sites for hydroxylation is 2. The van der Waals surface area contributed by atoms with Crippen LogP contribution in [0.5, 0.6) is 11.5 Å². The van der Waals surface area contributed by atoms with Crippen molar-refractivity contribution in [2.24, 2.45) is 0 Å². The Hall–Kier alpha value is -4.18. The maximum atomic E-state index is 13.4. The minimum Gasteiger partial charge on any atom is -0.507 e. The zero-order chi connectivity index (χ0) is 26.1. The van der Waals surface area contributed by atoms with Gasteiger partial charge in [0.05, 0.1) is 32.6 Å². The summed E-state index contributed by atoms with van der Waals surface area (Å²) in [5, 5.41) is 11.5. The number of hydrogen-bond donors (Lipinski definition) is 1. The summed E-state index contributed by atoms with van der Waals surface area (Å²) in [6.45, 7) is 3.42. The number of ketones is 1. The lowest BCUT2D eigenvalue weighted by Crippen LogP contribution is -2.29. The molecule has 1 aromatic heterocycles.